The Labute approximate surface area is 251 Å². The topological polar surface area (TPSA) is 44.5 Å². The Morgan fingerprint density at radius 1 is 0.571 bits per heavy atom. The lowest BCUT2D eigenvalue weighted by atomic mass is 9.84. The third kappa shape index (κ3) is 4.54. The molecule has 3 nitrogen and oxygen atoms in total. The second-order valence-electron chi connectivity index (χ2n) is 14.1. The van der Waals surface area contributed by atoms with Gasteiger partial charge in [0.2, 0.25) is 0 Å². The van der Waals surface area contributed by atoms with Crippen LogP contribution in [-0.4, -0.2) is 15.0 Å². The predicted molar refractivity (Wildman–Crippen MR) is 182 cm³/mol. The molecule has 1 aromatic carbocycles. The van der Waals surface area contributed by atoms with Crippen LogP contribution in [0.4, 0.5) is 0 Å². The van der Waals surface area contributed by atoms with Crippen molar-refractivity contribution in [1.29, 1.82) is 0 Å². The largest absolute Gasteiger partial charge is 0.355 e. The minimum absolute atomic E-state index is 0.0184. The average Bonchev–Trinajstić information content (AvgIpc) is 3.61. The number of hydrogen-bond acceptors (Lipinski definition) is 1. The molecule has 0 spiro atoms. The fourth-order valence-electron chi connectivity index (χ4n) is 7.45. The van der Waals surface area contributed by atoms with Gasteiger partial charge in [-0.1, -0.05) is 79.7 Å². The van der Waals surface area contributed by atoms with E-state index in [0.717, 1.165) is 35.3 Å². The molecule has 0 unspecified atom stereocenters. The number of aromatic nitrogens is 3. The molecule has 4 aromatic rings. The molecule has 6 rings (SSSR count). The van der Waals surface area contributed by atoms with Crippen molar-refractivity contribution in [2.45, 2.75) is 92.9 Å². The maximum Gasteiger partial charge on any atom is 0.0693 e. The van der Waals surface area contributed by atoms with Gasteiger partial charge in [-0.3, -0.25) is 0 Å². The molecule has 0 saturated carbocycles. The third-order valence-corrected chi connectivity index (χ3v) is 9.09. The Bertz CT molecular complexity index is 1790. The van der Waals surface area contributed by atoms with Crippen LogP contribution in [0.5, 0.6) is 0 Å². The van der Waals surface area contributed by atoms with Crippen LogP contribution in [0.15, 0.2) is 54.6 Å². The van der Waals surface area contributed by atoms with Crippen molar-refractivity contribution in [2.75, 3.05) is 0 Å². The molecule has 3 aromatic heterocycles. The lowest BCUT2D eigenvalue weighted by molar-refractivity contribution is 0.593. The fourth-order valence-corrected chi connectivity index (χ4v) is 7.45. The summed E-state index contributed by atoms with van der Waals surface area (Å²) in [7, 11) is 0. The highest BCUT2D eigenvalue weighted by Gasteiger charge is 2.26. The maximum absolute atomic E-state index is 5.34. The maximum atomic E-state index is 5.34. The zero-order chi connectivity index (χ0) is 30.1. The quantitative estimate of drug-likeness (QED) is 0.223. The predicted octanol–water partition coefficient (Wildman–Crippen LogP) is 11.2. The van der Waals surface area contributed by atoms with Crippen molar-refractivity contribution in [1.82, 2.24) is 15.0 Å². The second kappa shape index (κ2) is 9.87. The highest BCUT2D eigenvalue weighted by Crippen LogP contribution is 2.42. The summed E-state index contributed by atoms with van der Waals surface area (Å²) in [4.78, 5) is 13.0. The second-order valence-corrected chi connectivity index (χ2v) is 14.1. The number of aromatic amines is 2. The van der Waals surface area contributed by atoms with E-state index < -0.39 is 0 Å². The van der Waals surface area contributed by atoms with Gasteiger partial charge in [-0.15, -0.1) is 0 Å². The van der Waals surface area contributed by atoms with E-state index in [4.69, 9.17) is 4.98 Å². The molecular formula is C39H45N3. The summed E-state index contributed by atoms with van der Waals surface area (Å²) in [5, 5.41) is 0. The molecule has 0 saturated heterocycles. The van der Waals surface area contributed by atoms with Crippen molar-refractivity contribution >= 4 is 33.2 Å². The fraction of sp³-hybridized carbons (Fsp3) is 0.359. The number of nitrogens with zero attached hydrogens (tertiary/aromatic N) is 1. The first-order valence-corrected chi connectivity index (χ1v) is 15.5. The normalized spacial score (nSPS) is 13.6. The van der Waals surface area contributed by atoms with Gasteiger partial charge in [0.1, 0.15) is 0 Å². The number of H-pyrrole nitrogens is 2. The van der Waals surface area contributed by atoms with Crippen LogP contribution in [0.3, 0.4) is 0 Å². The standard InChI is InChI=1S/C39H45N3/c1-11-26-27(12-2)33-21-35-37(39(8,9)10)23(4)31(41-35)19-25-17-24(28-15-13-14-16-29(25)28)18-30-22(3)36(38(5,6)7)34(40-30)20-32(26)42-33/h13-21,40-41H,11-12H2,1-10H3. The molecule has 216 valence electrons. The molecule has 1 aliphatic carbocycles. The molecule has 0 radical (unpaired) electrons. The van der Waals surface area contributed by atoms with E-state index in [9.17, 15) is 0 Å². The summed E-state index contributed by atoms with van der Waals surface area (Å²) in [6.45, 7) is 22.9. The van der Waals surface area contributed by atoms with Crippen LogP contribution in [0.1, 0.15) is 102 Å². The van der Waals surface area contributed by atoms with Crippen LogP contribution >= 0.6 is 0 Å². The number of rotatable bonds is 2. The molecule has 42 heavy (non-hydrogen) atoms. The van der Waals surface area contributed by atoms with Gasteiger partial charge >= 0.3 is 0 Å². The van der Waals surface area contributed by atoms with E-state index in [1.54, 1.807) is 0 Å². The summed E-state index contributed by atoms with van der Waals surface area (Å²) < 4.78 is 0. The number of allylic oxidation sites excluding steroid dienone is 2. The van der Waals surface area contributed by atoms with Crippen LogP contribution in [0, 0.1) is 13.8 Å². The monoisotopic (exact) mass is 555 g/mol. The zero-order valence-electron chi connectivity index (χ0n) is 27.1. The van der Waals surface area contributed by atoms with E-state index in [1.165, 1.54) is 66.7 Å². The highest BCUT2D eigenvalue weighted by molar-refractivity contribution is 5.95. The molecule has 3 heteroatoms. The Hall–Kier alpha value is -3.85. The smallest absolute Gasteiger partial charge is 0.0693 e. The summed E-state index contributed by atoms with van der Waals surface area (Å²) in [6.07, 6.45) is 1.91. The summed E-state index contributed by atoms with van der Waals surface area (Å²) in [6, 6.07) is 20.5. The molecule has 8 bridgehead atoms. The van der Waals surface area contributed by atoms with E-state index in [0.29, 0.717) is 0 Å². The van der Waals surface area contributed by atoms with Gasteiger partial charge in [-0.05, 0) is 124 Å². The number of aryl methyl sites for hydroxylation is 2. The Morgan fingerprint density at radius 3 is 1.33 bits per heavy atom. The van der Waals surface area contributed by atoms with Gasteiger partial charge in [0, 0.05) is 22.1 Å². The molecule has 2 N–H and O–H groups in total. The summed E-state index contributed by atoms with van der Waals surface area (Å²) in [5.41, 5.74) is 19.8. The first-order chi connectivity index (χ1) is 19.8. The number of nitrogens with one attached hydrogen (secondary N) is 2. The SMILES string of the molecule is CCC1=C(CC)c2cc3[nH]c(cc4cc(cc5[nH]c(cc1n2)c(C(C)(C)C)c5C)-c1ccccc1-4)c(C)c3C(C)(C)C. The van der Waals surface area contributed by atoms with Crippen LogP contribution in [0.2, 0.25) is 0 Å². The molecular weight excluding hydrogens is 510 g/mol. The van der Waals surface area contributed by atoms with Crippen LogP contribution in [0.25, 0.3) is 55.5 Å². The van der Waals surface area contributed by atoms with E-state index >= 15 is 0 Å². The van der Waals surface area contributed by atoms with Crippen molar-refractivity contribution in [2.24, 2.45) is 0 Å². The van der Waals surface area contributed by atoms with Gasteiger partial charge in [-0.2, -0.15) is 0 Å². The Kier molecular flexibility index (Phi) is 6.64. The molecule has 4 heterocycles. The van der Waals surface area contributed by atoms with Crippen LogP contribution < -0.4 is 0 Å². The van der Waals surface area contributed by atoms with E-state index in [-0.39, 0.29) is 10.8 Å². The van der Waals surface area contributed by atoms with Gasteiger partial charge < -0.3 is 9.97 Å². The number of hydrogen-bond donors (Lipinski definition) is 2. The molecule has 0 fully saturated rings. The van der Waals surface area contributed by atoms with Crippen molar-refractivity contribution < 1.29 is 0 Å². The summed E-state index contributed by atoms with van der Waals surface area (Å²) >= 11 is 0. The van der Waals surface area contributed by atoms with Gasteiger partial charge in [-0.25, -0.2) is 4.98 Å². The number of fused-ring (bicyclic) bond motifs is 11. The van der Waals surface area contributed by atoms with Crippen molar-refractivity contribution in [3.8, 4) is 22.3 Å². The van der Waals surface area contributed by atoms with Crippen LogP contribution in [-0.2, 0) is 10.8 Å². The van der Waals surface area contributed by atoms with Crippen molar-refractivity contribution in [3.63, 3.8) is 0 Å². The lowest BCUT2D eigenvalue weighted by Gasteiger charge is -2.19. The highest BCUT2D eigenvalue weighted by atomic mass is 14.8. The molecule has 1 aliphatic heterocycles. The molecule has 0 amide bonds. The van der Waals surface area contributed by atoms with E-state index in [1.807, 2.05) is 0 Å². The average molecular weight is 556 g/mol. The Morgan fingerprint density at radius 2 is 0.976 bits per heavy atom. The summed E-state index contributed by atoms with van der Waals surface area (Å²) in [5.74, 6) is 0. The van der Waals surface area contributed by atoms with Gasteiger partial charge in [0.25, 0.3) is 0 Å². The first kappa shape index (κ1) is 28.3. The lowest BCUT2D eigenvalue weighted by Crippen LogP contribution is -2.11. The van der Waals surface area contributed by atoms with Gasteiger partial charge in [0.15, 0.2) is 0 Å². The molecule has 0 atom stereocenters. The minimum atomic E-state index is -0.0184. The van der Waals surface area contributed by atoms with Gasteiger partial charge in [0.05, 0.1) is 11.4 Å². The van der Waals surface area contributed by atoms with Crippen molar-refractivity contribution in [3.05, 3.63) is 88.2 Å². The van der Waals surface area contributed by atoms with E-state index in [2.05, 4.69) is 134 Å². The molecule has 2 aliphatic rings. The minimum Gasteiger partial charge on any atom is -0.355 e. The third-order valence-electron chi connectivity index (χ3n) is 9.09. The number of benzene rings is 1. The Balaban J connectivity index is 1.86. The zero-order valence-corrected chi connectivity index (χ0v) is 27.1. The first-order valence-electron chi connectivity index (χ1n) is 15.5.